The summed E-state index contributed by atoms with van der Waals surface area (Å²) in [6.45, 7) is 4.43. The summed E-state index contributed by atoms with van der Waals surface area (Å²) < 4.78 is 19.2. The predicted octanol–water partition coefficient (Wildman–Crippen LogP) is 3.38. The molecule has 0 aromatic heterocycles. The maximum absolute atomic E-state index is 13.5. The van der Waals surface area contributed by atoms with Crippen LogP contribution in [-0.4, -0.2) is 25.1 Å². The monoisotopic (exact) mass is 330 g/mol. The molecule has 0 unspecified atom stereocenters. The Balaban J connectivity index is 1.78. The van der Waals surface area contributed by atoms with E-state index in [9.17, 15) is 9.18 Å². The molecule has 2 aromatic carbocycles. The molecule has 0 bridgehead atoms. The minimum atomic E-state index is -0.246. The van der Waals surface area contributed by atoms with Crippen LogP contribution >= 0.6 is 0 Å². The number of anilines is 1. The van der Waals surface area contributed by atoms with Gasteiger partial charge < -0.3 is 15.4 Å². The van der Waals surface area contributed by atoms with Crippen molar-refractivity contribution in [1.82, 2.24) is 5.32 Å². The quantitative estimate of drug-likeness (QED) is 0.780. The highest BCUT2D eigenvalue weighted by Gasteiger charge is 2.07. The minimum absolute atomic E-state index is 0.0579. The van der Waals surface area contributed by atoms with Gasteiger partial charge in [-0.15, -0.1) is 0 Å². The SMILES string of the molecule is CC(C)Oc1ccccc1NCC(=O)NCCc1ccccc1F. The molecule has 1 amide bonds. The molecular weight excluding hydrogens is 307 g/mol. The van der Waals surface area contributed by atoms with Crippen LogP contribution in [0.5, 0.6) is 5.75 Å². The third kappa shape index (κ3) is 5.57. The van der Waals surface area contributed by atoms with Gasteiger partial charge in [0.15, 0.2) is 0 Å². The minimum Gasteiger partial charge on any atom is -0.489 e. The molecule has 2 rings (SSSR count). The highest BCUT2D eigenvalue weighted by atomic mass is 19.1. The molecule has 0 aliphatic heterocycles. The van der Waals surface area contributed by atoms with Gasteiger partial charge in [0.1, 0.15) is 11.6 Å². The van der Waals surface area contributed by atoms with Crippen LogP contribution in [0.2, 0.25) is 0 Å². The zero-order chi connectivity index (χ0) is 17.4. The fourth-order valence-corrected chi connectivity index (χ4v) is 2.25. The second-order valence-corrected chi connectivity index (χ2v) is 5.71. The number of amides is 1. The number of carbonyl (C=O) groups excluding carboxylic acids is 1. The summed E-state index contributed by atoms with van der Waals surface area (Å²) in [6.07, 6.45) is 0.522. The Morgan fingerprint density at radius 2 is 1.83 bits per heavy atom. The van der Waals surface area contributed by atoms with Crippen LogP contribution in [0.3, 0.4) is 0 Å². The van der Waals surface area contributed by atoms with Crippen molar-refractivity contribution in [2.75, 3.05) is 18.4 Å². The van der Waals surface area contributed by atoms with E-state index in [4.69, 9.17) is 4.74 Å². The number of hydrogen-bond donors (Lipinski definition) is 2. The second-order valence-electron chi connectivity index (χ2n) is 5.71. The van der Waals surface area contributed by atoms with E-state index in [0.29, 0.717) is 24.3 Å². The molecule has 0 atom stereocenters. The molecule has 24 heavy (non-hydrogen) atoms. The van der Waals surface area contributed by atoms with E-state index in [1.54, 1.807) is 18.2 Å². The highest BCUT2D eigenvalue weighted by Crippen LogP contribution is 2.24. The van der Waals surface area contributed by atoms with Crippen molar-refractivity contribution in [3.8, 4) is 5.75 Å². The van der Waals surface area contributed by atoms with Crippen LogP contribution < -0.4 is 15.4 Å². The van der Waals surface area contributed by atoms with Crippen molar-refractivity contribution in [2.24, 2.45) is 0 Å². The Hall–Kier alpha value is -2.56. The number of para-hydroxylation sites is 2. The first-order chi connectivity index (χ1) is 11.6. The van der Waals surface area contributed by atoms with E-state index in [1.807, 2.05) is 38.1 Å². The van der Waals surface area contributed by atoms with E-state index in [0.717, 1.165) is 5.69 Å². The van der Waals surface area contributed by atoms with Crippen molar-refractivity contribution in [3.63, 3.8) is 0 Å². The van der Waals surface area contributed by atoms with Gasteiger partial charge in [-0.05, 0) is 44.0 Å². The summed E-state index contributed by atoms with van der Waals surface area (Å²) in [7, 11) is 0. The fourth-order valence-electron chi connectivity index (χ4n) is 2.25. The van der Waals surface area contributed by atoms with E-state index in [1.165, 1.54) is 6.07 Å². The largest absolute Gasteiger partial charge is 0.489 e. The third-order valence-corrected chi connectivity index (χ3v) is 3.36. The first-order valence-electron chi connectivity index (χ1n) is 8.06. The zero-order valence-corrected chi connectivity index (χ0v) is 14.0. The Kier molecular flexibility index (Phi) is 6.61. The Morgan fingerprint density at radius 3 is 2.58 bits per heavy atom. The van der Waals surface area contributed by atoms with Crippen LogP contribution in [0.25, 0.3) is 0 Å². The molecule has 2 N–H and O–H groups in total. The van der Waals surface area contributed by atoms with Gasteiger partial charge in [0, 0.05) is 6.54 Å². The summed E-state index contributed by atoms with van der Waals surface area (Å²) in [6, 6.07) is 14.1. The second kappa shape index (κ2) is 8.91. The molecule has 0 radical (unpaired) electrons. The van der Waals surface area contributed by atoms with E-state index in [-0.39, 0.29) is 24.4 Å². The number of carbonyl (C=O) groups is 1. The van der Waals surface area contributed by atoms with E-state index >= 15 is 0 Å². The maximum Gasteiger partial charge on any atom is 0.239 e. The number of benzene rings is 2. The summed E-state index contributed by atoms with van der Waals surface area (Å²) in [4.78, 5) is 11.9. The number of nitrogens with one attached hydrogen (secondary N) is 2. The lowest BCUT2D eigenvalue weighted by Gasteiger charge is -2.15. The summed E-state index contributed by atoms with van der Waals surface area (Å²) in [5, 5.41) is 5.85. The van der Waals surface area contributed by atoms with Crippen molar-refractivity contribution in [3.05, 3.63) is 59.9 Å². The van der Waals surface area contributed by atoms with Gasteiger partial charge in [0.05, 0.1) is 18.3 Å². The van der Waals surface area contributed by atoms with E-state index < -0.39 is 0 Å². The topological polar surface area (TPSA) is 50.4 Å². The zero-order valence-electron chi connectivity index (χ0n) is 14.0. The molecule has 0 saturated heterocycles. The smallest absolute Gasteiger partial charge is 0.239 e. The van der Waals surface area contributed by atoms with Crippen molar-refractivity contribution in [2.45, 2.75) is 26.4 Å². The molecule has 0 heterocycles. The Morgan fingerprint density at radius 1 is 1.12 bits per heavy atom. The average molecular weight is 330 g/mol. The van der Waals surface area contributed by atoms with Gasteiger partial charge in [-0.3, -0.25) is 4.79 Å². The Labute approximate surface area is 142 Å². The lowest BCUT2D eigenvalue weighted by Crippen LogP contribution is -2.31. The molecule has 0 aliphatic rings. The molecule has 0 aliphatic carbocycles. The normalized spacial score (nSPS) is 10.5. The van der Waals surface area contributed by atoms with Crippen LogP contribution in [0.4, 0.5) is 10.1 Å². The van der Waals surface area contributed by atoms with Crippen LogP contribution in [-0.2, 0) is 11.2 Å². The summed E-state index contributed by atoms with van der Waals surface area (Å²) in [5.74, 6) is 0.321. The molecule has 5 heteroatoms. The number of halogens is 1. The van der Waals surface area contributed by atoms with Gasteiger partial charge in [0.25, 0.3) is 0 Å². The lowest BCUT2D eigenvalue weighted by atomic mass is 10.1. The van der Waals surface area contributed by atoms with Crippen molar-refractivity contribution in [1.29, 1.82) is 0 Å². The molecule has 0 spiro atoms. The standard InChI is InChI=1S/C19H23FN2O2/c1-14(2)24-18-10-6-5-9-17(18)22-13-19(23)21-12-11-15-7-3-4-8-16(15)20/h3-10,14,22H,11-13H2,1-2H3,(H,21,23). The summed E-state index contributed by atoms with van der Waals surface area (Å²) >= 11 is 0. The highest BCUT2D eigenvalue weighted by molar-refractivity contribution is 5.81. The summed E-state index contributed by atoms with van der Waals surface area (Å²) in [5.41, 5.74) is 1.37. The maximum atomic E-state index is 13.5. The molecule has 4 nitrogen and oxygen atoms in total. The van der Waals surface area contributed by atoms with Crippen molar-refractivity contribution >= 4 is 11.6 Å². The van der Waals surface area contributed by atoms with E-state index in [2.05, 4.69) is 10.6 Å². The van der Waals surface area contributed by atoms with Gasteiger partial charge in [-0.25, -0.2) is 4.39 Å². The lowest BCUT2D eigenvalue weighted by molar-refractivity contribution is -0.119. The molecule has 0 saturated carbocycles. The number of ether oxygens (including phenoxy) is 1. The van der Waals surface area contributed by atoms with Crippen LogP contribution in [0, 0.1) is 5.82 Å². The van der Waals surface area contributed by atoms with Gasteiger partial charge in [-0.2, -0.15) is 0 Å². The van der Waals surface area contributed by atoms with Crippen LogP contribution in [0.1, 0.15) is 19.4 Å². The van der Waals surface area contributed by atoms with Crippen LogP contribution in [0.15, 0.2) is 48.5 Å². The molecule has 2 aromatic rings. The fraction of sp³-hybridized carbons (Fsp3) is 0.316. The average Bonchev–Trinajstić information content (AvgIpc) is 2.55. The predicted molar refractivity (Wildman–Crippen MR) is 93.8 cm³/mol. The van der Waals surface area contributed by atoms with Gasteiger partial charge >= 0.3 is 0 Å². The van der Waals surface area contributed by atoms with Gasteiger partial charge in [0.2, 0.25) is 5.91 Å². The Bertz CT molecular complexity index is 674. The molecular formula is C19H23FN2O2. The first kappa shape index (κ1) is 17.8. The van der Waals surface area contributed by atoms with Crippen molar-refractivity contribution < 1.29 is 13.9 Å². The molecule has 128 valence electrons. The first-order valence-corrected chi connectivity index (χ1v) is 8.06. The van der Waals surface area contributed by atoms with Gasteiger partial charge in [-0.1, -0.05) is 30.3 Å². The number of hydrogen-bond acceptors (Lipinski definition) is 3. The third-order valence-electron chi connectivity index (χ3n) is 3.36. The number of rotatable bonds is 8. The molecule has 0 fully saturated rings.